The van der Waals surface area contributed by atoms with E-state index in [1.807, 2.05) is 13.0 Å². The number of hydrogen-bond donors (Lipinski definition) is 1. The summed E-state index contributed by atoms with van der Waals surface area (Å²) in [6, 6.07) is 6.54. The van der Waals surface area contributed by atoms with Gasteiger partial charge in [0.25, 0.3) is 0 Å². The van der Waals surface area contributed by atoms with Gasteiger partial charge in [0.05, 0.1) is 25.7 Å². The number of ketones is 1. The fourth-order valence-electron chi connectivity index (χ4n) is 1.79. The number of rotatable bonds is 2. The van der Waals surface area contributed by atoms with Crippen molar-refractivity contribution in [2.75, 3.05) is 5.73 Å². The number of carbonyl (C=O) groups is 1. The highest BCUT2D eigenvalue weighted by Gasteiger charge is 2.22. The molecule has 0 aliphatic carbocycles. The summed E-state index contributed by atoms with van der Waals surface area (Å²) in [6.07, 6.45) is 0. The maximum absolute atomic E-state index is 12.6. The number of nitrogens with two attached hydrogens (primary N) is 1. The van der Waals surface area contributed by atoms with Gasteiger partial charge in [-0.2, -0.15) is 0 Å². The molecule has 2 rings (SSSR count). The molecule has 0 fully saturated rings. The second-order valence-corrected chi connectivity index (χ2v) is 5.78. The first-order valence-electron chi connectivity index (χ1n) is 5.57. The maximum atomic E-state index is 12.6. The molecular weight excluding hydrogens is 340 g/mol. The first kappa shape index (κ1) is 15.5. The van der Waals surface area contributed by atoms with Crippen molar-refractivity contribution < 1.29 is 4.79 Å². The molecule has 0 aliphatic rings. The summed E-state index contributed by atoms with van der Waals surface area (Å²) in [5.74, 6) is -0.389. The van der Waals surface area contributed by atoms with E-state index in [2.05, 4.69) is 0 Å². The van der Waals surface area contributed by atoms with Crippen molar-refractivity contribution in [3.8, 4) is 0 Å². The molecule has 20 heavy (non-hydrogen) atoms. The minimum Gasteiger partial charge on any atom is -0.398 e. The molecule has 0 atom stereocenters. The summed E-state index contributed by atoms with van der Waals surface area (Å²) >= 11 is 23.9. The summed E-state index contributed by atoms with van der Waals surface area (Å²) in [5.41, 5.74) is 7.53. The number of carbonyl (C=O) groups excluding carboxylic acids is 1. The second kappa shape index (κ2) is 5.82. The Balaban J connectivity index is 2.66. The predicted molar refractivity (Wildman–Crippen MR) is 85.5 cm³/mol. The Morgan fingerprint density at radius 3 is 2.35 bits per heavy atom. The van der Waals surface area contributed by atoms with Crippen LogP contribution in [0.1, 0.15) is 21.5 Å². The molecule has 104 valence electrons. The molecule has 0 amide bonds. The van der Waals surface area contributed by atoms with E-state index in [1.165, 1.54) is 6.07 Å². The lowest BCUT2D eigenvalue weighted by Crippen LogP contribution is -2.08. The number of halogens is 4. The van der Waals surface area contributed by atoms with Crippen LogP contribution < -0.4 is 5.73 Å². The van der Waals surface area contributed by atoms with Crippen LogP contribution in [0.3, 0.4) is 0 Å². The topological polar surface area (TPSA) is 43.1 Å². The summed E-state index contributed by atoms with van der Waals surface area (Å²) in [7, 11) is 0. The number of anilines is 1. The number of hydrogen-bond acceptors (Lipinski definition) is 2. The van der Waals surface area contributed by atoms with Crippen LogP contribution in [0.4, 0.5) is 5.69 Å². The van der Waals surface area contributed by atoms with Gasteiger partial charge in [-0.05, 0) is 24.6 Å². The lowest BCUT2D eigenvalue weighted by Gasteiger charge is -2.11. The third-order valence-corrected chi connectivity index (χ3v) is 4.47. The first-order valence-corrected chi connectivity index (χ1v) is 7.08. The van der Waals surface area contributed by atoms with Crippen LogP contribution in [0, 0.1) is 6.92 Å². The Bertz CT molecular complexity index is 713. The zero-order chi connectivity index (χ0) is 15.0. The van der Waals surface area contributed by atoms with Crippen LogP contribution in [-0.4, -0.2) is 5.78 Å². The molecule has 6 heteroatoms. The van der Waals surface area contributed by atoms with Crippen LogP contribution in [0.5, 0.6) is 0 Å². The summed E-state index contributed by atoms with van der Waals surface area (Å²) in [4.78, 5) is 12.6. The number of para-hydroxylation sites is 1. The van der Waals surface area contributed by atoms with E-state index < -0.39 is 0 Å². The van der Waals surface area contributed by atoms with Crippen molar-refractivity contribution in [1.82, 2.24) is 0 Å². The number of benzene rings is 2. The molecule has 2 aromatic carbocycles. The van der Waals surface area contributed by atoms with Gasteiger partial charge >= 0.3 is 0 Å². The van der Waals surface area contributed by atoms with Crippen LogP contribution in [0.2, 0.25) is 20.1 Å². The average molecular weight is 349 g/mol. The van der Waals surface area contributed by atoms with E-state index >= 15 is 0 Å². The van der Waals surface area contributed by atoms with Crippen molar-refractivity contribution in [2.45, 2.75) is 6.92 Å². The Labute approximate surface area is 136 Å². The average Bonchev–Trinajstić information content (AvgIpc) is 2.39. The van der Waals surface area contributed by atoms with Crippen LogP contribution in [0.15, 0.2) is 24.3 Å². The normalized spacial score (nSPS) is 10.7. The molecular formula is C14H9Cl4NO. The van der Waals surface area contributed by atoms with Gasteiger partial charge in [-0.15, -0.1) is 0 Å². The van der Waals surface area contributed by atoms with Crippen LogP contribution >= 0.6 is 46.4 Å². The van der Waals surface area contributed by atoms with Gasteiger partial charge in [-0.25, -0.2) is 0 Å². The third-order valence-electron chi connectivity index (χ3n) is 2.91. The molecule has 0 saturated carbocycles. The number of aryl methyl sites for hydroxylation is 1. The third kappa shape index (κ3) is 2.61. The predicted octanol–water partition coefficient (Wildman–Crippen LogP) is 5.42. The first-order chi connectivity index (χ1) is 9.34. The van der Waals surface area contributed by atoms with Gasteiger partial charge < -0.3 is 5.73 Å². The van der Waals surface area contributed by atoms with Crippen molar-refractivity contribution in [1.29, 1.82) is 0 Å². The smallest absolute Gasteiger partial charge is 0.198 e. The molecule has 2 nitrogen and oxygen atoms in total. The Morgan fingerprint density at radius 2 is 1.70 bits per heavy atom. The Morgan fingerprint density at radius 1 is 1.05 bits per heavy atom. The molecule has 0 aromatic heterocycles. The van der Waals surface area contributed by atoms with Crippen molar-refractivity contribution in [2.24, 2.45) is 0 Å². The van der Waals surface area contributed by atoms with Gasteiger partial charge in [0, 0.05) is 11.3 Å². The SMILES string of the molecule is Cc1cccc(C(=O)c2c(Cl)cc(Cl)c(Cl)c2Cl)c1N. The molecule has 0 radical (unpaired) electrons. The van der Waals surface area contributed by atoms with Gasteiger partial charge in [0.1, 0.15) is 0 Å². The van der Waals surface area contributed by atoms with E-state index in [9.17, 15) is 4.79 Å². The van der Waals surface area contributed by atoms with Crippen molar-refractivity contribution in [3.63, 3.8) is 0 Å². The lowest BCUT2D eigenvalue weighted by atomic mass is 9.99. The molecule has 0 unspecified atom stereocenters. The van der Waals surface area contributed by atoms with E-state index in [0.29, 0.717) is 11.3 Å². The van der Waals surface area contributed by atoms with Gasteiger partial charge in [-0.1, -0.05) is 58.5 Å². The minimum atomic E-state index is -0.389. The summed E-state index contributed by atoms with van der Waals surface area (Å²) in [6.45, 7) is 1.81. The van der Waals surface area contributed by atoms with Crippen LogP contribution in [-0.2, 0) is 0 Å². The fraction of sp³-hybridized carbons (Fsp3) is 0.0714. The van der Waals surface area contributed by atoms with Crippen molar-refractivity contribution in [3.05, 3.63) is 61.0 Å². The molecule has 0 heterocycles. The van der Waals surface area contributed by atoms with Gasteiger partial charge in [0.2, 0.25) is 0 Å². The summed E-state index contributed by atoms with van der Waals surface area (Å²) < 4.78 is 0. The van der Waals surface area contributed by atoms with Gasteiger partial charge in [-0.3, -0.25) is 4.79 Å². The highest BCUT2D eigenvalue weighted by molar-refractivity contribution is 6.51. The molecule has 0 bridgehead atoms. The highest BCUT2D eigenvalue weighted by Crippen LogP contribution is 2.39. The Hall–Kier alpha value is -0.930. The quantitative estimate of drug-likeness (QED) is 0.340. The second-order valence-electron chi connectivity index (χ2n) is 4.21. The monoisotopic (exact) mass is 347 g/mol. The zero-order valence-corrected chi connectivity index (χ0v) is 13.3. The Kier molecular flexibility index (Phi) is 4.50. The maximum Gasteiger partial charge on any atom is 0.198 e. The molecule has 2 aromatic rings. The van der Waals surface area contributed by atoms with E-state index in [1.54, 1.807) is 12.1 Å². The standard InChI is InChI=1S/C14H9Cl4NO/c1-6-3-2-4-7(13(6)19)14(20)10-8(15)5-9(16)11(17)12(10)18/h2-5H,19H2,1H3. The molecule has 0 aliphatic heterocycles. The minimum absolute atomic E-state index is 0.0232. The van der Waals surface area contributed by atoms with Crippen molar-refractivity contribution >= 4 is 57.9 Å². The number of nitrogen functional groups attached to an aromatic ring is 1. The largest absolute Gasteiger partial charge is 0.398 e. The van der Waals surface area contributed by atoms with E-state index in [-0.39, 0.29) is 31.4 Å². The lowest BCUT2D eigenvalue weighted by molar-refractivity contribution is 0.104. The van der Waals surface area contributed by atoms with Gasteiger partial charge in [0.15, 0.2) is 5.78 Å². The zero-order valence-electron chi connectivity index (χ0n) is 10.3. The molecule has 0 spiro atoms. The summed E-state index contributed by atoms with van der Waals surface area (Å²) in [5, 5.41) is 0.438. The van der Waals surface area contributed by atoms with E-state index in [0.717, 1.165) is 5.56 Å². The van der Waals surface area contributed by atoms with Crippen LogP contribution in [0.25, 0.3) is 0 Å². The highest BCUT2D eigenvalue weighted by atomic mass is 35.5. The molecule has 2 N–H and O–H groups in total. The molecule has 0 saturated heterocycles. The van der Waals surface area contributed by atoms with E-state index in [4.69, 9.17) is 52.1 Å². The fourth-order valence-corrected chi connectivity index (χ4v) is 2.87.